The number of nitrogen functional groups attached to an aromatic ring is 1. The van der Waals surface area contributed by atoms with E-state index in [2.05, 4.69) is 15.4 Å². The lowest BCUT2D eigenvalue weighted by atomic mass is 10.4. The van der Waals surface area contributed by atoms with Gasteiger partial charge < -0.3 is 10.2 Å². The molecule has 0 spiro atoms. The van der Waals surface area contributed by atoms with Crippen LogP contribution in [-0.4, -0.2) is 38.6 Å². The summed E-state index contributed by atoms with van der Waals surface area (Å²) in [7, 11) is 0. The van der Waals surface area contributed by atoms with Crippen molar-refractivity contribution in [2.45, 2.75) is 18.1 Å². The molecule has 0 aromatic carbocycles. The predicted octanol–water partition coefficient (Wildman–Crippen LogP) is -0.484. The molecule has 7 heteroatoms. The molecule has 0 saturated heterocycles. The first-order chi connectivity index (χ1) is 7.17. The zero-order valence-electron chi connectivity index (χ0n) is 8.34. The highest BCUT2D eigenvalue weighted by atomic mass is 32.2. The number of aliphatic hydroxyl groups excluding tert-OH is 2. The highest BCUT2D eigenvalue weighted by molar-refractivity contribution is 7.99. The van der Waals surface area contributed by atoms with Gasteiger partial charge in [0.15, 0.2) is 0 Å². The van der Waals surface area contributed by atoms with Gasteiger partial charge in [-0.1, -0.05) is 0 Å². The Morgan fingerprint density at radius 2 is 2.40 bits per heavy atom. The molecule has 0 bridgehead atoms. The van der Waals surface area contributed by atoms with Crippen LogP contribution < -0.4 is 11.3 Å². The number of nitrogens with one attached hydrogen (secondary N) is 1. The van der Waals surface area contributed by atoms with Crippen LogP contribution in [0.5, 0.6) is 0 Å². The SMILES string of the molecule is Cc1cnc(NN)nc1SCC(O)CO. The van der Waals surface area contributed by atoms with Crippen molar-refractivity contribution in [1.82, 2.24) is 9.97 Å². The fourth-order valence-electron chi connectivity index (χ4n) is 0.870. The number of hydrazine groups is 1. The monoisotopic (exact) mass is 230 g/mol. The van der Waals surface area contributed by atoms with E-state index < -0.39 is 6.10 Å². The summed E-state index contributed by atoms with van der Waals surface area (Å²) >= 11 is 1.35. The van der Waals surface area contributed by atoms with E-state index in [0.717, 1.165) is 10.6 Å². The summed E-state index contributed by atoms with van der Waals surface area (Å²) in [6.45, 7) is 1.62. The molecular formula is C8H14N4O2S. The summed E-state index contributed by atoms with van der Waals surface area (Å²) in [4.78, 5) is 8.05. The summed E-state index contributed by atoms with van der Waals surface area (Å²) in [5.41, 5.74) is 3.26. The van der Waals surface area contributed by atoms with E-state index in [1.165, 1.54) is 11.8 Å². The molecular weight excluding hydrogens is 216 g/mol. The highest BCUT2D eigenvalue weighted by Crippen LogP contribution is 2.20. The summed E-state index contributed by atoms with van der Waals surface area (Å²) in [6.07, 6.45) is 0.911. The average Bonchev–Trinajstić information content (AvgIpc) is 2.27. The van der Waals surface area contributed by atoms with Gasteiger partial charge in [0.2, 0.25) is 5.95 Å². The van der Waals surface area contributed by atoms with Crippen LogP contribution >= 0.6 is 11.8 Å². The summed E-state index contributed by atoms with van der Waals surface area (Å²) in [6, 6.07) is 0. The van der Waals surface area contributed by atoms with Gasteiger partial charge >= 0.3 is 0 Å². The number of anilines is 1. The minimum absolute atomic E-state index is 0.251. The number of nitrogens with zero attached hydrogens (tertiary/aromatic N) is 2. The van der Waals surface area contributed by atoms with Crippen LogP contribution in [0.1, 0.15) is 5.56 Å². The Kier molecular flexibility index (Phi) is 4.76. The zero-order chi connectivity index (χ0) is 11.3. The van der Waals surface area contributed by atoms with Gasteiger partial charge in [-0.3, -0.25) is 5.43 Å². The van der Waals surface area contributed by atoms with Crippen molar-refractivity contribution in [2.24, 2.45) is 5.84 Å². The Hall–Kier alpha value is -0.890. The lowest BCUT2D eigenvalue weighted by Gasteiger charge is -2.08. The first-order valence-corrected chi connectivity index (χ1v) is 5.38. The first-order valence-electron chi connectivity index (χ1n) is 4.39. The molecule has 1 aromatic rings. The second kappa shape index (κ2) is 5.86. The summed E-state index contributed by atoms with van der Waals surface area (Å²) in [5.74, 6) is 5.90. The number of aliphatic hydroxyl groups is 2. The molecule has 0 radical (unpaired) electrons. The van der Waals surface area contributed by atoms with Gasteiger partial charge in [0.1, 0.15) is 5.03 Å². The molecule has 1 heterocycles. The van der Waals surface area contributed by atoms with Gasteiger partial charge in [0.25, 0.3) is 0 Å². The Labute approximate surface area is 91.9 Å². The first kappa shape index (κ1) is 12.2. The van der Waals surface area contributed by atoms with E-state index in [0.29, 0.717) is 11.7 Å². The molecule has 15 heavy (non-hydrogen) atoms. The Morgan fingerprint density at radius 3 is 3.00 bits per heavy atom. The number of thioether (sulfide) groups is 1. The molecule has 1 rings (SSSR count). The average molecular weight is 230 g/mol. The predicted molar refractivity (Wildman–Crippen MR) is 58.4 cm³/mol. The number of hydrogen-bond donors (Lipinski definition) is 4. The van der Waals surface area contributed by atoms with Crippen LogP contribution in [0.4, 0.5) is 5.95 Å². The second-order valence-corrected chi connectivity index (χ2v) is 3.98. The highest BCUT2D eigenvalue weighted by Gasteiger charge is 2.07. The van der Waals surface area contributed by atoms with Crippen molar-refractivity contribution in [3.05, 3.63) is 11.8 Å². The quantitative estimate of drug-likeness (QED) is 0.234. The van der Waals surface area contributed by atoms with Crippen LogP contribution in [0.2, 0.25) is 0 Å². The molecule has 0 amide bonds. The molecule has 1 atom stereocenters. The summed E-state index contributed by atoms with van der Waals surface area (Å²) in [5, 5.41) is 18.6. The lowest BCUT2D eigenvalue weighted by molar-refractivity contribution is 0.113. The number of nitrogens with two attached hydrogens (primary N) is 1. The molecule has 0 aliphatic rings. The molecule has 5 N–H and O–H groups in total. The Bertz CT molecular complexity index is 324. The Balaban J connectivity index is 2.66. The van der Waals surface area contributed by atoms with Gasteiger partial charge in [0.05, 0.1) is 12.7 Å². The summed E-state index contributed by atoms with van der Waals surface area (Å²) < 4.78 is 0. The van der Waals surface area contributed by atoms with Crippen molar-refractivity contribution >= 4 is 17.7 Å². The fourth-order valence-corrected chi connectivity index (χ4v) is 1.76. The van der Waals surface area contributed by atoms with Crippen molar-refractivity contribution in [1.29, 1.82) is 0 Å². The smallest absolute Gasteiger partial charge is 0.238 e. The molecule has 0 fully saturated rings. The van der Waals surface area contributed by atoms with Crippen molar-refractivity contribution in [2.75, 3.05) is 17.8 Å². The number of hydrogen-bond acceptors (Lipinski definition) is 7. The Morgan fingerprint density at radius 1 is 1.67 bits per heavy atom. The van der Waals surface area contributed by atoms with E-state index in [1.54, 1.807) is 6.20 Å². The van der Waals surface area contributed by atoms with Gasteiger partial charge in [-0.15, -0.1) is 11.8 Å². The van der Waals surface area contributed by atoms with Crippen LogP contribution in [0.25, 0.3) is 0 Å². The van der Waals surface area contributed by atoms with Crippen LogP contribution in [0.3, 0.4) is 0 Å². The van der Waals surface area contributed by atoms with E-state index in [9.17, 15) is 5.11 Å². The maximum atomic E-state index is 9.18. The second-order valence-electron chi connectivity index (χ2n) is 2.97. The van der Waals surface area contributed by atoms with Crippen molar-refractivity contribution < 1.29 is 10.2 Å². The normalized spacial score (nSPS) is 12.5. The number of rotatable bonds is 5. The molecule has 84 valence electrons. The fraction of sp³-hybridized carbons (Fsp3) is 0.500. The van der Waals surface area contributed by atoms with Crippen molar-refractivity contribution in [3.63, 3.8) is 0 Å². The van der Waals surface area contributed by atoms with Gasteiger partial charge in [-0.2, -0.15) is 0 Å². The van der Waals surface area contributed by atoms with Gasteiger partial charge in [0, 0.05) is 11.9 Å². The minimum atomic E-state index is -0.737. The third kappa shape index (κ3) is 3.63. The minimum Gasteiger partial charge on any atom is -0.394 e. The lowest BCUT2D eigenvalue weighted by Crippen LogP contribution is -2.15. The maximum absolute atomic E-state index is 9.18. The molecule has 1 aromatic heterocycles. The molecule has 1 unspecified atom stereocenters. The van der Waals surface area contributed by atoms with Crippen LogP contribution in [-0.2, 0) is 0 Å². The largest absolute Gasteiger partial charge is 0.394 e. The molecule has 0 aliphatic carbocycles. The zero-order valence-corrected chi connectivity index (χ0v) is 9.16. The van der Waals surface area contributed by atoms with E-state index in [1.807, 2.05) is 6.92 Å². The topological polar surface area (TPSA) is 104 Å². The maximum Gasteiger partial charge on any atom is 0.238 e. The van der Waals surface area contributed by atoms with Crippen LogP contribution in [0, 0.1) is 6.92 Å². The van der Waals surface area contributed by atoms with E-state index >= 15 is 0 Å². The number of aryl methyl sites for hydroxylation is 1. The molecule has 0 saturated carbocycles. The van der Waals surface area contributed by atoms with E-state index in [-0.39, 0.29) is 6.61 Å². The third-order valence-electron chi connectivity index (χ3n) is 1.68. The van der Waals surface area contributed by atoms with Crippen LogP contribution in [0.15, 0.2) is 11.2 Å². The van der Waals surface area contributed by atoms with Gasteiger partial charge in [-0.05, 0) is 12.5 Å². The number of aromatic nitrogens is 2. The van der Waals surface area contributed by atoms with Gasteiger partial charge in [-0.25, -0.2) is 15.8 Å². The van der Waals surface area contributed by atoms with E-state index in [4.69, 9.17) is 10.9 Å². The third-order valence-corrected chi connectivity index (χ3v) is 2.92. The van der Waals surface area contributed by atoms with Crippen molar-refractivity contribution in [3.8, 4) is 0 Å². The molecule has 0 aliphatic heterocycles. The standard InChI is InChI=1S/C8H14N4O2S/c1-5-2-10-8(12-9)11-7(5)15-4-6(14)3-13/h2,6,13-14H,3-4,9H2,1H3,(H,10,11,12). The molecule has 6 nitrogen and oxygen atoms in total.